The number of carbonyl (C=O) groups excluding carboxylic acids is 2. The quantitative estimate of drug-likeness (QED) is 0.532. The molecular formula is C27H28ClN7O3. The number of hydrogen-bond acceptors (Lipinski definition) is 8. The van der Waals surface area contributed by atoms with Gasteiger partial charge in [0, 0.05) is 68.3 Å². The Labute approximate surface area is 225 Å². The molecule has 196 valence electrons. The van der Waals surface area contributed by atoms with Gasteiger partial charge in [0.25, 0.3) is 5.91 Å². The molecule has 0 spiro atoms. The summed E-state index contributed by atoms with van der Waals surface area (Å²) in [5.41, 5.74) is 4.82. The molecule has 1 N–H and O–H groups in total. The second kappa shape index (κ2) is 10.6. The maximum Gasteiger partial charge on any atom is 0.254 e. The van der Waals surface area contributed by atoms with Gasteiger partial charge in [0.2, 0.25) is 11.9 Å². The molecule has 1 saturated heterocycles. The molecule has 5 heterocycles. The first-order chi connectivity index (χ1) is 18.5. The van der Waals surface area contributed by atoms with Crippen molar-refractivity contribution in [1.82, 2.24) is 29.7 Å². The van der Waals surface area contributed by atoms with Gasteiger partial charge in [-0.3, -0.25) is 9.59 Å². The van der Waals surface area contributed by atoms with E-state index in [0.717, 1.165) is 35.2 Å². The molecule has 3 aliphatic heterocycles. The van der Waals surface area contributed by atoms with Gasteiger partial charge in [0.1, 0.15) is 12.9 Å². The lowest BCUT2D eigenvalue weighted by Crippen LogP contribution is -2.41. The Hall–Kier alpha value is -3.63. The number of rotatable bonds is 5. The molecule has 3 aromatic rings. The number of ether oxygens (including phenoxy) is 1. The number of benzene rings is 1. The number of anilines is 1. The standard InChI is InChI=1S/C27H28ClN7O3/c28-22-13-30-27(32-20-5-9-38-10-6-20)33-25(22)17-1-2-19-14-35(26(37)21(19)11-17)15-24(36)34-7-3-18-12-29-16-31-23(18)4-8-34/h1-2,11-13,16,20H,3-10,14-15H2,(H,30,32,33). The van der Waals surface area contributed by atoms with E-state index >= 15 is 0 Å². The largest absolute Gasteiger partial charge is 0.381 e. The molecule has 0 radical (unpaired) electrons. The first-order valence-electron chi connectivity index (χ1n) is 12.9. The highest BCUT2D eigenvalue weighted by atomic mass is 35.5. The Morgan fingerprint density at radius 2 is 1.95 bits per heavy atom. The SMILES string of the molecule is O=C(CN1Cc2ccc(-c3nc(NC4CCOCC4)ncc3Cl)cc2C1=O)N1CCc2cncnc2CC1. The summed E-state index contributed by atoms with van der Waals surface area (Å²) in [7, 11) is 0. The highest BCUT2D eigenvalue weighted by Crippen LogP contribution is 2.32. The molecule has 0 atom stereocenters. The van der Waals surface area contributed by atoms with Crippen LogP contribution in [0.25, 0.3) is 11.3 Å². The minimum absolute atomic E-state index is 0.0400. The first-order valence-corrected chi connectivity index (χ1v) is 13.3. The zero-order valence-electron chi connectivity index (χ0n) is 20.9. The predicted molar refractivity (Wildman–Crippen MR) is 141 cm³/mol. The van der Waals surface area contributed by atoms with Crippen LogP contribution in [0.1, 0.15) is 40.0 Å². The van der Waals surface area contributed by atoms with Gasteiger partial charge in [-0.15, -0.1) is 0 Å². The van der Waals surface area contributed by atoms with Crippen LogP contribution in [0.5, 0.6) is 0 Å². The van der Waals surface area contributed by atoms with Gasteiger partial charge in [-0.1, -0.05) is 23.7 Å². The van der Waals surface area contributed by atoms with E-state index < -0.39 is 0 Å². The van der Waals surface area contributed by atoms with Gasteiger partial charge >= 0.3 is 0 Å². The van der Waals surface area contributed by atoms with Crippen LogP contribution in [-0.4, -0.2) is 80.4 Å². The minimum Gasteiger partial charge on any atom is -0.381 e. The second-order valence-electron chi connectivity index (χ2n) is 9.83. The van der Waals surface area contributed by atoms with Gasteiger partial charge < -0.3 is 19.9 Å². The first kappa shape index (κ1) is 24.7. The van der Waals surface area contributed by atoms with Crippen LogP contribution >= 0.6 is 11.6 Å². The molecular weight excluding hydrogens is 506 g/mol. The number of nitrogens with one attached hydrogen (secondary N) is 1. The van der Waals surface area contributed by atoms with Crippen molar-refractivity contribution in [3.05, 3.63) is 64.3 Å². The van der Waals surface area contributed by atoms with Crippen LogP contribution in [-0.2, 0) is 28.9 Å². The highest BCUT2D eigenvalue weighted by molar-refractivity contribution is 6.33. The number of fused-ring (bicyclic) bond motifs is 2. The maximum absolute atomic E-state index is 13.3. The predicted octanol–water partition coefficient (Wildman–Crippen LogP) is 2.76. The van der Waals surface area contributed by atoms with Crippen molar-refractivity contribution in [2.45, 2.75) is 38.3 Å². The van der Waals surface area contributed by atoms with Crippen LogP contribution in [0.3, 0.4) is 0 Å². The third kappa shape index (κ3) is 5.06. The van der Waals surface area contributed by atoms with Crippen molar-refractivity contribution in [1.29, 1.82) is 0 Å². The highest BCUT2D eigenvalue weighted by Gasteiger charge is 2.31. The monoisotopic (exact) mass is 533 g/mol. The number of aromatic nitrogens is 4. The molecule has 1 aromatic carbocycles. The summed E-state index contributed by atoms with van der Waals surface area (Å²) in [5, 5.41) is 3.77. The molecule has 6 rings (SSSR count). The number of amides is 2. The lowest BCUT2D eigenvalue weighted by Gasteiger charge is -2.23. The summed E-state index contributed by atoms with van der Waals surface area (Å²) in [6, 6.07) is 5.89. The number of nitrogens with zero attached hydrogens (tertiary/aromatic N) is 6. The molecule has 38 heavy (non-hydrogen) atoms. The van der Waals surface area contributed by atoms with Gasteiger partial charge in [0.15, 0.2) is 0 Å². The molecule has 10 nitrogen and oxygen atoms in total. The average Bonchev–Trinajstić information content (AvgIpc) is 3.10. The van der Waals surface area contributed by atoms with E-state index in [1.54, 1.807) is 17.4 Å². The molecule has 0 aliphatic carbocycles. The van der Waals surface area contributed by atoms with E-state index in [1.165, 1.54) is 0 Å². The molecule has 2 aromatic heterocycles. The van der Waals surface area contributed by atoms with Crippen LogP contribution in [0.15, 0.2) is 36.9 Å². The fourth-order valence-corrected chi connectivity index (χ4v) is 5.44. The van der Waals surface area contributed by atoms with E-state index in [-0.39, 0.29) is 24.4 Å². The van der Waals surface area contributed by atoms with Gasteiger partial charge in [-0.05, 0) is 36.5 Å². The van der Waals surface area contributed by atoms with Gasteiger partial charge in [-0.2, -0.15) is 0 Å². The average molecular weight is 534 g/mol. The Balaban J connectivity index is 1.14. The number of hydrogen-bond donors (Lipinski definition) is 1. The Morgan fingerprint density at radius 1 is 1.11 bits per heavy atom. The Morgan fingerprint density at radius 3 is 2.82 bits per heavy atom. The maximum atomic E-state index is 13.3. The van der Waals surface area contributed by atoms with E-state index in [9.17, 15) is 9.59 Å². The van der Waals surface area contributed by atoms with Crippen LogP contribution in [0.2, 0.25) is 5.02 Å². The van der Waals surface area contributed by atoms with E-state index in [4.69, 9.17) is 16.3 Å². The van der Waals surface area contributed by atoms with Crippen LogP contribution in [0, 0.1) is 0 Å². The smallest absolute Gasteiger partial charge is 0.254 e. The molecule has 1 fully saturated rings. The zero-order chi connectivity index (χ0) is 26.1. The number of halogens is 1. The fourth-order valence-electron chi connectivity index (χ4n) is 5.24. The molecule has 11 heteroatoms. The summed E-state index contributed by atoms with van der Waals surface area (Å²) < 4.78 is 5.42. The summed E-state index contributed by atoms with van der Waals surface area (Å²) in [6.07, 6.45) is 8.13. The topological polar surface area (TPSA) is 113 Å². The van der Waals surface area contributed by atoms with Gasteiger partial charge in [0.05, 0.1) is 16.9 Å². The summed E-state index contributed by atoms with van der Waals surface area (Å²) in [6.45, 7) is 3.04. The Kier molecular flexibility index (Phi) is 6.90. The molecule has 0 saturated carbocycles. The number of carbonyl (C=O) groups is 2. The van der Waals surface area contributed by atoms with E-state index in [2.05, 4.69) is 25.3 Å². The van der Waals surface area contributed by atoms with Crippen molar-refractivity contribution in [3.8, 4) is 11.3 Å². The minimum atomic E-state index is -0.162. The summed E-state index contributed by atoms with van der Waals surface area (Å²) >= 11 is 6.46. The zero-order valence-corrected chi connectivity index (χ0v) is 21.7. The molecule has 0 bridgehead atoms. The summed E-state index contributed by atoms with van der Waals surface area (Å²) in [5.74, 6) is 0.278. The van der Waals surface area contributed by atoms with Crippen molar-refractivity contribution in [3.63, 3.8) is 0 Å². The second-order valence-corrected chi connectivity index (χ2v) is 10.2. The van der Waals surface area contributed by atoms with Crippen molar-refractivity contribution in [2.75, 3.05) is 38.2 Å². The van der Waals surface area contributed by atoms with E-state index in [0.29, 0.717) is 67.9 Å². The third-order valence-electron chi connectivity index (χ3n) is 7.39. The van der Waals surface area contributed by atoms with Crippen molar-refractivity contribution < 1.29 is 14.3 Å². The van der Waals surface area contributed by atoms with Crippen LogP contribution < -0.4 is 5.32 Å². The normalized spacial score (nSPS) is 17.7. The lowest BCUT2D eigenvalue weighted by molar-refractivity contribution is -0.131. The van der Waals surface area contributed by atoms with Gasteiger partial charge in [-0.25, -0.2) is 19.9 Å². The van der Waals surface area contributed by atoms with Crippen molar-refractivity contribution >= 4 is 29.4 Å². The lowest BCUT2D eigenvalue weighted by atomic mass is 10.0. The van der Waals surface area contributed by atoms with E-state index in [1.807, 2.05) is 29.3 Å². The summed E-state index contributed by atoms with van der Waals surface area (Å²) in [4.78, 5) is 47.3. The Bertz CT molecular complexity index is 1350. The molecule has 3 aliphatic rings. The van der Waals surface area contributed by atoms with Crippen LogP contribution in [0.4, 0.5) is 5.95 Å². The molecule has 2 amide bonds. The van der Waals surface area contributed by atoms with Crippen molar-refractivity contribution in [2.24, 2.45) is 0 Å². The fraction of sp³-hybridized carbons (Fsp3) is 0.407. The third-order valence-corrected chi connectivity index (χ3v) is 7.67. The molecule has 0 unspecified atom stereocenters.